The SMILES string of the molecule is CC1(C)c2ccccc2-c2cc(-c3ccc(-c4nc5ccccc5n5c4cc4ccccc45)cc3)ccc21. The van der Waals surface area contributed by atoms with E-state index < -0.39 is 0 Å². The summed E-state index contributed by atoms with van der Waals surface area (Å²) in [6.07, 6.45) is 0. The molecule has 0 N–H and O–H groups in total. The molecule has 0 radical (unpaired) electrons. The first-order valence-corrected chi connectivity index (χ1v) is 13.2. The molecule has 180 valence electrons. The number of para-hydroxylation sites is 3. The van der Waals surface area contributed by atoms with Gasteiger partial charge >= 0.3 is 0 Å². The molecule has 2 aromatic heterocycles. The molecule has 2 heteroatoms. The summed E-state index contributed by atoms with van der Waals surface area (Å²) in [6.45, 7) is 4.66. The van der Waals surface area contributed by atoms with Crippen LogP contribution in [0.5, 0.6) is 0 Å². The summed E-state index contributed by atoms with van der Waals surface area (Å²) < 4.78 is 2.35. The third-order valence-electron chi connectivity index (χ3n) is 8.38. The van der Waals surface area contributed by atoms with Crippen LogP contribution in [0, 0.1) is 0 Å². The molecule has 0 bridgehead atoms. The molecule has 5 aromatic carbocycles. The standard InChI is InChI=1S/C36H26N2/c1-36(2)29-11-5-4-10-27(29)28-21-25(19-20-30(28)36)23-15-17-24(18-16-23)35-34-22-26-9-3-7-13-32(26)38(34)33-14-8-6-12-31(33)37-35/h3-22H,1-2H3. The van der Waals surface area contributed by atoms with E-state index in [1.165, 1.54) is 44.3 Å². The van der Waals surface area contributed by atoms with Gasteiger partial charge in [0.2, 0.25) is 0 Å². The fourth-order valence-corrected chi connectivity index (χ4v) is 6.45. The molecule has 0 atom stereocenters. The molecule has 0 fully saturated rings. The van der Waals surface area contributed by atoms with E-state index in [0.29, 0.717) is 0 Å². The smallest absolute Gasteiger partial charge is 0.0950 e. The molecule has 0 unspecified atom stereocenters. The summed E-state index contributed by atoms with van der Waals surface area (Å²) in [6, 6.07) is 43.9. The van der Waals surface area contributed by atoms with Gasteiger partial charge in [-0.3, -0.25) is 0 Å². The normalized spacial score (nSPS) is 13.7. The van der Waals surface area contributed by atoms with Crippen molar-refractivity contribution in [3.63, 3.8) is 0 Å². The van der Waals surface area contributed by atoms with Crippen LogP contribution in [0.15, 0.2) is 121 Å². The van der Waals surface area contributed by atoms with Crippen LogP contribution in [0.4, 0.5) is 0 Å². The molecule has 2 heterocycles. The average Bonchev–Trinajstić information content (AvgIpc) is 3.46. The number of aromatic nitrogens is 2. The van der Waals surface area contributed by atoms with Crippen LogP contribution in [0.25, 0.3) is 61.0 Å². The lowest BCUT2D eigenvalue weighted by molar-refractivity contribution is 0.660. The van der Waals surface area contributed by atoms with E-state index in [1.807, 2.05) is 0 Å². The van der Waals surface area contributed by atoms with E-state index in [-0.39, 0.29) is 5.41 Å². The Morgan fingerprint density at radius 3 is 2.05 bits per heavy atom. The van der Waals surface area contributed by atoms with Crippen molar-refractivity contribution in [3.8, 4) is 33.5 Å². The van der Waals surface area contributed by atoms with Gasteiger partial charge in [0.1, 0.15) is 0 Å². The summed E-state index contributed by atoms with van der Waals surface area (Å²) in [5, 5.41) is 1.23. The van der Waals surface area contributed by atoms with Gasteiger partial charge < -0.3 is 4.40 Å². The lowest BCUT2D eigenvalue weighted by Crippen LogP contribution is -2.14. The van der Waals surface area contributed by atoms with Crippen molar-refractivity contribution in [3.05, 3.63) is 132 Å². The zero-order chi connectivity index (χ0) is 25.4. The van der Waals surface area contributed by atoms with E-state index in [0.717, 1.165) is 27.8 Å². The maximum absolute atomic E-state index is 5.14. The van der Waals surface area contributed by atoms with Gasteiger partial charge in [0.05, 0.1) is 27.8 Å². The second-order valence-electron chi connectivity index (χ2n) is 10.9. The second kappa shape index (κ2) is 7.66. The van der Waals surface area contributed by atoms with Gasteiger partial charge in [0.25, 0.3) is 0 Å². The molecule has 0 aliphatic heterocycles. The highest BCUT2D eigenvalue weighted by molar-refractivity contribution is 5.98. The Bertz CT molecular complexity index is 2040. The Labute approximate surface area is 221 Å². The van der Waals surface area contributed by atoms with E-state index in [1.54, 1.807) is 0 Å². The van der Waals surface area contributed by atoms with Gasteiger partial charge in [0, 0.05) is 16.4 Å². The van der Waals surface area contributed by atoms with Crippen LogP contribution in [-0.2, 0) is 5.41 Å². The molecule has 0 amide bonds. The Morgan fingerprint density at radius 1 is 0.526 bits per heavy atom. The monoisotopic (exact) mass is 486 g/mol. The Kier molecular flexibility index (Phi) is 4.31. The minimum Gasteiger partial charge on any atom is -0.306 e. The van der Waals surface area contributed by atoms with Crippen molar-refractivity contribution in [2.24, 2.45) is 0 Å². The van der Waals surface area contributed by atoms with Crippen LogP contribution in [-0.4, -0.2) is 9.38 Å². The van der Waals surface area contributed by atoms with E-state index in [9.17, 15) is 0 Å². The minimum atomic E-state index is 0.0299. The molecule has 38 heavy (non-hydrogen) atoms. The first kappa shape index (κ1) is 21.4. The lowest BCUT2D eigenvalue weighted by atomic mass is 9.82. The van der Waals surface area contributed by atoms with Gasteiger partial charge in [-0.1, -0.05) is 105 Å². The summed E-state index contributed by atoms with van der Waals surface area (Å²) in [4.78, 5) is 5.14. The highest BCUT2D eigenvalue weighted by Gasteiger charge is 2.35. The maximum Gasteiger partial charge on any atom is 0.0950 e. The van der Waals surface area contributed by atoms with Gasteiger partial charge in [-0.05, 0) is 63.7 Å². The molecule has 2 nitrogen and oxygen atoms in total. The van der Waals surface area contributed by atoms with Gasteiger partial charge in [-0.15, -0.1) is 0 Å². The van der Waals surface area contributed by atoms with Crippen LogP contribution in [0.2, 0.25) is 0 Å². The van der Waals surface area contributed by atoms with Crippen molar-refractivity contribution in [2.75, 3.05) is 0 Å². The third kappa shape index (κ3) is 2.92. The predicted molar refractivity (Wildman–Crippen MR) is 159 cm³/mol. The molecule has 0 saturated carbocycles. The van der Waals surface area contributed by atoms with Crippen molar-refractivity contribution < 1.29 is 0 Å². The molecule has 0 spiro atoms. The average molecular weight is 487 g/mol. The second-order valence-corrected chi connectivity index (χ2v) is 10.9. The highest BCUT2D eigenvalue weighted by atomic mass is 14.9. The van der Waals surface area contributed by atoms with Crippen molar-refractivity contribution >= 4 is 27.5 Å². The summed E-state index contributed by atoms with van der Waals surface area (Å²) in [5.41, 5.74) is 14.6. The zero-order valence-electron chi connectivity index (χ0n) is 21.4. The maximum atomic E-state index is 5.14. The largest absolute Gasteiger partial charge is 0.306 e. The molecular weight excluding hydrogens is 460 g/mol. The van der Waals surface area contributed by atoms with Gasteiger partial charge in [-0.25, -0.2) is 4.98 Å². The first-order valence-electron chi connectivity index (χ1n) is 13.2. The number of hydrogen-bond donors (Lipinski definition) is 0. The molecular formula is C36H26N2. The Hall–Kier alpha value is -4.69. The number of benzene rings is 5. The fourth-order valence-electron chi connectivity index (χ4n) is 6.45. The quantitative estimate of drug-likeness (QED) is 0.238. The summed E-state index contributed by atoms with van der Waals surface area (Å²) in [5.74, 6) is 0. The fraction of sp³-hybridized carbons (Fsp3) is 0.0833. The number of rotatable bonds is 2. The van der Waals surface area contributed by atoms with Crippen molar-refractivity contribution in [1.29, 1.82) is 0 Å². The van der Waals surface area contributed by atoms with Crippen LogP contribution in [0.1, 0.15) is 25.0 Å². The summed E-state index contributed by atoms with van der Waals surface area (Å²) in [7, 11) is 0. The van der Waals surface area contributed by atoms with E-state index >= 15 is 0 Å². The minimum absolute atomic E-state index is 0.0299. The van der Waals surface area contributed by atoms with Gasteiger partial charge in [-0.2, -0.15) is 0 Å². The molecule has 0 saturated heterocycles. The van der Waals surface area contributed by atoms with Crippen LogP contribution >= 0.6 is 0 Å². The lowest BCUT2D eigenvalue weighted by Gasteiger charge is -2.21. The molecule has 1 aliphatic rings. The highest BCUT2D eigenvalue weighted by Crippen LogP contribution is 2.49. The topological polar surface area (TPSA) is 17.3 Å². The number of fused-ring (bicyclic) bond motifs is 8. The number of nitrogens with zero attached hydrogens (tertiary/aromatic N) is 2. The van der Waals surface area contributed by atoms with Gasteiger partial charge in [0.15, 0.2) is 0 Å². The third-order valence-corrected chi connectivity index (χ3v) is 8.38. The van der Waals surface area contributed by atoms with E-state index in [2.05, 4.69) is 140 Å². The van der Waals surface area contributed by atoms with Crippen molar-refractivity contribution in [2.45, 2.75) is 19.3 Å². The Balaban J connectivity index is 1.27. The zero-order valence-corrected chi connectivity index (χ0v) is 21.4. The summed E-state index contributed by atoms with van der Waals surface area (Å²) >= 11 is 0. The Morgan fingerprint density at radius 2 is 1.18 bits per heavy atom. The van der Waals surface area contributed by atoms with Crippen molar-refractivity contribution in [1.82, 2.24) is 9.38 Å². The molecule has 8 rings (SSSR count). The molecule has 1 aliphatic carbocycles. The van der Waals surface area contributed by atoms with Crippen LogP contribution in [0.3, 0.4) is 0 Å². The van der Waals surface area contributed by atoms with Crippen LogP contribution < -0.4 is 0 Å². The molecule has 7 aromatic rings. The first-order chi connectivity index (χ1) is 18.6. The predicted octanol–water partition coefficient (Wildman–Crippen LogP) is 9.28. The van der Waals surface area contributed by atoms with E-state index in [4.69, 9.17) is 4.98 Å². The number of hydrogen-bond acceptors (Lipinski definition) is 1.